The van der Waals surface area contributed by atoms with E-state index in [4.69, 9.17) is 0 Å². The van der Waals surface area contributed by atoms with Crippen LogP contribution < -0.4 is 0 Å². The molecule has 1 atom stereocenters. The summed E-state index contributed by atoms with van der Waals surface area (Å²) in [5.41, 5.74) is 1.24. The van der Waals surface area contributed by atoms with E-state index in [1.165, 1.54) is 0 Å². The van der Waals surface area contributed by atoms with Crippen molar-refractivity contribution >= 4 is 17.3 Å². The van der Waals surface area contributed by atoms with Crippen LogP contribution in [0.5, 0.6) is 0 Å². The third kappa shape index (κ3) is 3.80. The van der Waals surface area contributed by atoms with Gasteiger partial charge in [0.05, 0.1) is 11.7 Å². The average molecular weight is 331 g/mol. The van der Waals surface area contributed by atoms with Crippen LogP contribution in [-0.2, 0) is 6.54 Å². The minimum Gasteiger partial charge on any atom is -0.478 e. The number of aromatic carboxylic acids is 1. The fourth-order valence-corrected chi connectivity index (χ4v) is 4.03. The second-order valence-electron chi connectivity index (χ2n) is 6.04. The Labute approximate surface area is 140 Å². The van der Waals surface area contributed by atoms with Gasteiger partial charge in [-0.1, -0.05) is 24.3 Å². The molecule has 0 amide bonds. The molecular formula is C18H21NO3S. The quantitative estimate of drug-likeness (QED) is 0.881. The van der Waals surface area contributed by atoms with Gasteiger partial charge in [0.1, 0.15) is 0 Å². The van der Waals surface area contributed by atoms with Crippen molar-refractivity contribution in [3.05, 3.63) is 57.8 Å². The Morgan fingerprint density at radius 2 is 1.96 bits per heavy atom. The molecule has 0 spiro atoms. The van der Waals surface area contributed by atoms with Gasteiger partial charge >= 0.3 is 5.97 Å². The Kier molecular flexibility index (Phi) is 5.10. The molecule has 2 aromatic rings. The topological polar surface area (TPSA) is 60.8 Å². The van der Waals surface area contributed by atoms with E-state index >= 15 is 0 Å². The number of carboxylic acid groups (broad SMARTS) is 1. The Morgan fingerprint density at radius 1 is 1.22 bits per heavy atom. The van der Waals surface area contributed by atoms with Gasteiger partial charge in [-0.3, -0.25) is 4.90 Å². The lowest BCUT2D eigenvalue weighted by atomic mass is 9.90. The highest BCUT2D eigenvalue weighted by Crippen LogP contribution is 2.33. The summed E-state index contributed by atoms with van der Waals surface area (Å²) in [6.07, 6.45) is 1.51. The van der Waals surface area contributed by atoms with Crippen molar-refractivity contribution in [2.45, 2.75) is 25.5 Å². The molecule has 4 nitrogen and oxygen atoms in total. The van der Waals surface area contributed by atoms with Gasteiger partial charge in [0.25, 0.3) is 0 Å². The van der Waals surface area contributed by atoms with Gasteiger partial charge in [-0.15, -0.1) is 11.3 Å². The monoisotopic (exact) mass is 331 g/mol. The first-order valence-electron chi connectivity index (χ1n) is 7.90. The van der Waals surface area contributed by atoms with Crippen LogP contribution >= 0.6 is 11.3 Å². The molecule has 1 aliphatic rings. The number of nitrogens with zero attached hydrogens (tertiary/aromatic N) is 1. The Bertz CT molecular complexity index is 648. The molecule has 1 saturated heterocycles. The summed E-state index contributed by atoms with van der Waals surface area (Å²) in [5.74, 6) is -0.580. The van der Waals surface area contributed by atoms with Gasteiger partial charge in [0.2, 0.25) is 0 Å². The maximum atomic E-state index is 11.3. The fourth-order valence-electron chi connectivity index (χ4n) is 3.23. The van der Waals surface area contributed by atoms with Gasteiger partial charge in [-0.2, -0.15) is 0 Å². The number of carbonyl (C=O) groups is 1. The van der Waals surface area contributed by atoms with Gasteiger partial charge in [0, 0.05) is 11.4 Å². The second kappa shape index (κ2) is 7.25. The van der Waals surface area contributed by atoms with E-state index in [2.05, 4.69) is 4.90 Å². The second-order valence-corrected chi connectivity index (χ2v) is 7.02. The fraction of sp³-hybridized carbons (Fsp3) is 0.389. The predicted octanol–water partition coefficient (Wildman–Crippen LogP) is 3.39. The van der Waals surface area contributed by atoms with E-state index in [-0.39, 0.29) is 6.10 Å². The Balaban J connectivity index is 1.59. The normalized spacial score (nSPS) is 18.0. The van der Waals surface area contributed by atoms with E-state index in [1.807, 2.05) is 29.6 Å². The van der Waals surface area contributed by atoms with Gasteiger partial charge < -0.3 is 10.2 Å². The largest absolute Gasteiger partial charge is 0.478 e. The third-order valence-corrected chi connectivity index (χ3v) is 5.50. The molecule has 23 heavy (non-hydrogen) atoms. The van der Waals surface area contributed by atoms with Crippen LogP contribution in [0.25, 0.3) is 0 Å². The molecule has 0 radical (unpaired) electrons. The van der Waals surface area contributed by atoms with Gasteiger partial charge in [-0.05, 0) is 54.9 Å². The van der Waals surface area contributed by atoms with Crippen molar-refractivity contribution in [3.8, 4) is 0 Å². The predicted molar refractivity (Wildman–Crippen MR) is 90.7 cm³/mol. The number of aliphatic hydroxyl groups is 1. The van der Waals surface area contributed by atoms with Crippen molar-refractivity contribution in [2.75, 3.05) is 13.1 Å². The molecule has 1 aliphatic heterocycles. The zero-order chi connectivity index (χ0) is 16.2. The van der Waals surface area contributed by atoms with Crippen LogP contribution in [-0.4, -0.2) is 34.2 Å². The number of aliphatic hydroxyl groups excluding tert-OH is 1. The first-order valence-corrected chi connectivity index (χ1v) is 8.78. The summed E-state index contributed by atoms with van der Waals surface area (Å²) in [6, 6.07) is 11.2. The van der Waals surface area contributed by atoms with Crippen molar-refractivity contribution in [2.24, 2.45) is 5.92 Å². The molecule has 2 heterocycles. The smallest absolute Gasteiger partial charge is 0.336 e. The van der Waals surface area contributed by atoms with Crippen LogP contribution in [0.1, 0.15) is 39.7 Å². The number of rotatable bonds is 5. The van der Waals surface area contributed by atoms with Gasteiger partial charge in [0.15, 0.2) is 0 Å². The summed E-state index contributed by atoms with van der Waals surface area (Å²) in [4.78, 5) is 14.6. The molecule has 1 aromatic carbocycles. The molecule has 1 fully saturated rings. The molecule has 5 heteroatoms. The number of piperidine rings is 1. The number of hydrogen-bond acceptors (Lipinski definition) is 4. The van der Waals surface area contributed by atoms with E-state index in [1.54, 1.807) is 23.5 Å². The number of benzene rings is 1. The van der Waals surface area contributed by atoms with E-state index in [9.17, 15) is 15.0 Å². The van der Waals surface area contributed by atoms with Crippen molar-refractivity contribution in [1.29, 1.82) is 0 Å². The van der Waals surface area contributed by atoms with E-state index in [0.717, 1.165) is 36.4 Å². The minimum atomic E-state index is -0.872. The molecule has 3 rings (SSSR count). The molecule has 0 bridgehead atoms. The first kappa shape index (κ1) is 16.2. The zero-order valence-electron chi connectivity index (χ0n) is 12.9. The third-order valence-electron chi connectivity index (χ3n) is 4.56. The molecule has 0 saturated carbocycles. The van der Waals surface area contributed by atoms with Crippen LogP contribution in [0.4, 0.5) is 0 Å². The standard InChI is InChI=1S/C18H21NO3S/c20-17(16-6-3-11-23-16)13-7-9-19(10-8-13)12-14-4-1-2-5-15(14)18(21)22/h1-6,11,13,17,20H,7-10,12H2,(H,21,22)/t17-/m1/s1. The summed E-state index contributed by atoms with van der Waals surface area (Å²) >= 11 is 1.60. The first-order chi connectivity index (χ1) is 11.1. The molecule has 0 unspecified atom stereocenters. The zero-order valence-corrected chi connectivity index (χ0v) is 13.7. The Hall–Kier alpha value is -1.69. The average Bonchev–Trinajstić information content (AvgIpc) is 3.10. The summed E-state index contributed by atoms with van der Waals surface area (Å²) < 4.78 is 0. The van der Waals surface area contributed by atoms with Crippen LogP contribution in [0.2, 0.25) is 0 Å². The summed E-state index contributed by atoms with van der Waals surface area (Å²) in [7, 11) is 0. The number of hydrogen-bond donors (Lipinski definition) is 2. The molecular weight excluding hydrogens is 310 g/mol. The molecule has 0 aliphatic carbocycles. The van der Waals surface area contributed by atoms with Crippen LogP contribution in [0, 0.1) is 5.92 Å². The highest BCUT2D eigenvalue weighted by atomic mass is 32.1. The van der Waals surface area contributed by atoms with Crippen LogP contribution in [0.3, 0.4) is 0 Å². The van der Waals surface area contributed by atoms with E-state index < -0.39 is 5.97 Å². The molecule has 2 N–H and O–H groups in total. The maximum absolute atomic E-state index is 11.3. The van der Waals surface area contributed by atoms with Crippen molar-refractivity contribution in [3.63, 3.8) is 0 Å². The SMILES string of the molecule is O=C(O)c1ccccc1CN1CCC([C@@H](O)c2cccs2)CC1. The lowest BCUT2D eigenvalue weighted by Gasteiger charge is -2.34. The number of likely N-dealkylation sites (tertiary alicyclic amines) is 1. The van der Waals surface area contributed by atoms with Gasteiger partial charge in [-0.25, -0.2) is 4.79 Å². The lowest BCUT2D eigenvalue weighted by Crippen LogP contribution is -2.35. The summed E-state index contributed by atoms with van der Waals surface area (Å²) in [5, 5.41) is 21.7. The molecule has 122 valence electrons. The van der Waals surface area contributed by atoms with Crippen LogP contribution in [0.15, 0.2) is 41.8 Å². The highest BCUT2D eigenvalue weighted by Gasteiger charge is 2.27. The highest BCUT2D eigenvalue weighted by molar-refractivity contribution is 7.10. The number of thiophene rings is 1. The summed E-state index contributed by atoms with van der Waals surface area (Å²) in [6.45, 7) is 2.44. The van der Waals surface area contributed by atoms with E-state index in [0.29, 0.717) is 18.0 Å². The molecule has 1 aromatic heterocycles. The minimum absolute atomic E-state index is 0.291. The van der Waals surface area contributed by atoms with Crippen molar-refractivity contribution in [1.82, 2.24) is 4.90 Å². The number of carboxylic acids is 1. The lowest BCUT2D eigenvalue weighted by molar-refractivity contribution is 0.0586. The van der Waals surface area contributed by atoms with Crippen molar-refractivity contribution < 1.29 is 15.0 Å². The maximum Gasteiger partial charge on any atom is 0.336 e. The Morgan fingerprint density at radius 3 is 2.61 bits per heavy atom.